The van der Waals surface area contributed by atoms with Crippen molar-refractivity contribution in [3.63, 3.8) is 0 Å². The van der Waals surface area contributed by atoms with Gasteiger partial charge in [0.1, 0.15) is 0 Å². The van der Waals surface area contributed by atoms with Crippen molar-refractivity contribution in [2.24, 2.45) is 0 Å². The minimum atomic E-state index is -3.41. The second-order valence-electron chi connectivity index (χ2n) is 8.44. The normalized spacial score (nSPS) is 17.2. The third-order valence-electron chi connectivity index (χ3n) is 6.25. The van der Waals surface area contributed by atoms with Crippen LogP contribution >= 0.6 is 0 Å². The smallest absolute Gasteiger partial charge is 0.256 e. The first-order valence-electron chi connectivity index (χ1n) is 11.0. The summed E-state index contributed by atoms with van der Waals surface area (Å²) in [6.07, 6.45) is 4.50. The monoisotopic (exact) mass is 452 g/mol. The number of sulfone groups is 1. The summed E-state index contributed by atoms with van der Waals surface area (Å²) in [5.41, 5.74) is 2.96. The molecule has 0 atom stereocenters. The Kier molecular flexibility index (Phi) is 6.38. The van der Waals surface area contributed by atoms with Gasteiger partial charge in [-0.25, -0.2) is 8.42 Å². The summed E-state index contributed by atoms with van der Waals surface area (Å²) in [4.78, 5) is 19.9. The first-order valence-corrected chi connectivity index (χ1v) is 12.9. The topological polar surface area (TPSA) is 84.7 Å². The van der Waals surface area contributed by atoms with Crippen molar-refractivity contribution in [1.29, 1.82) is 5.26 Å². The molecule has 0 aliphatic carbocycles. The largest absolute Gasteiger partial charge is 0.371 e. The fourth-order valence-corrected chi connectivity index (χ4v) is 5.06. The molecule has 2 fully saturated rings. The van der Waals surface area contributed by atoms with Gasteiger partial charge in [0.15, 0.2) is 9.84 Å². The van der Waals surface area contributed by atoms with Crippen LogP contribution in [0.2, 0.25) is 0 Å². The molecule has 2 heterocycles. The van der Waals surface area contributed by atoms with Gasteiger partial charge in [-0.1, -0.05) is 0 Å². The lowest BCUT2D eigenvalue weighted by molar-refractivity contribution is 0.0747. The summed E-state index contributed by atoms with van der Waals surface area (Å²) < 4.78 is 24.3. The number of piperazine rings is 1. The lowest BCUT2D eigenvalue weighted by Crippen LogP contribution is -2.49. The number of rotatable bonds is 4. The van der Waals surface area contributed by atoms with Crippen LogP contribution in [-0.2, 0) is 9.84 Å². The van der Waals surface area contributed by atoms with Crippen LogP contribution in [0.15, 0.2) is 47.4 Å². The Morgan fingerprint density at radius 1 is 0.875 bits per heavy atom. The summed E-state index contributed by atoms with van der Waals surface area (Å²) in [5, 5.41) is 8.98. The number of piperidine rings is 1. The third-order valence-corrected chi connectivity index (χ3v) is 7.36. The van der Waals surface area contributed by atoms with Gasteiger partial charge in [-0.3, -0.25) is 4.79 Å². The van der Waals surface area contributed by atoms with E-state index in [2.05, 4.69) is 15.9 Å². The second-order valence-corrected chi connectivity index (χ2v) is 10.5. The minimum absolute atomic E-state index is 0.115. The molecule has 4 rings (SSSR count). The fourth-order valence-electron chi connectivity index (χ4n) is 4.41. The van der Waals surface area contributed by atoms with Crippen molar-refractivity contribution in [2.75, 3.05) is 55.3 Å². The Hall–Kier alpha value is -3.05. The molecular formula is C24H28N4O3S. The Labute approximate surface area is 189 Å². The van der Waals surface area contributed by atoms with Gasteiger partial charge < -0.3 is 14.7 Å². The molecule has 0 radical (unpaired) electrons. The Morgan fingerprint density at radius 2 is 1.53 bits per heavy atom. The lowest BCUT2D eigenvalue weighted by Gasteiger charge is -2.37. The van der Waals surface area contributed by atoms with Crippen LogP contribution in [0, 0.1) is 11.3 Å². The molecule has 32 heavy (non-hydrogen) atoms. The Balaban J connectivity index is 1.54. The molecule has 2 aromatic carbocycles. The minimum Gasteiger partial charge on any atom is -0.371 e. The van der Waals surface area contributed by atoms with E-state index in [-0.39, 0.29) is 10.8 Å². The van der Waals surface area contributed by atoms with Crippen molar-refractivity contribution in [3.8, 4) is 6.07 Å². The summed E-state index contributed by atoms with van der Waals surface area (Å²) >= 11 is 0. The van der Waals surface area contributed by atoms with Gasteiger partial charge in [-0.15, -0.1) is 0 Å². The molecule has 2 saturated heterocycles. The van der Waals surface area contributed by atoms with Crippen molar-refractivity contribution in [3.05, 3.63) is 53.6 Å². The van der Waals surface area contributed by atoms with E-state index >= 15 is 0 Å². The molecule has 0 saturated carbocycles. The molecule has 1 amide bonds. The van der Waals surface area contributed by atoms with Gasteiger partial charge in [0.25, 0.3) is 5.91 Å². The maximum Gasteiger partial charge on any atom is 0.256 e. The van der Waals surface area contributed by atoms with Gasteiger partial charge in [-0.05, 0) is 61.7 Å². The molecule has 2 aliphatic rings. The average Bonchev–Trinajstić information content (AvgIpc) is 2.83. The highest BCUT2D eigenvalue weighted by Crippen LogP contribution is 2.29. The van der Waals surface area contributed by atoms with Crippen LogP contribution in [0.25, 0.3) is 0 Å². The van der Waals surface area contributed by atoms with Gasteiger partial charge >= 0.3 is 0 Å². The zero-order chi connectivity index (χ0) is 22.7. The van der Waals surface area contributed by atoms with E-state index in [1.165, 1.54) is 12.7 Å². The van der Waals surface area contributed by atoms with Gasteiger partial charge in [0.05, 0.1) is 22.1 Å². The third kappa shape index (κ3) is 4.73. The Morgan fingerprint density at radius 3 is 2.12 bits per heavy atom. The van der Waals surface area contributed by atoms with Gasteiger partial charge in [0.2, 0.25) is 0 Å². The van der Waals surface area contributed by atoms with Crippen molar-refractivity contribution in [1.82, 2.24) is 4.90 Å². The first-order chi connectivity index (χ1) is 15.4. The SMILES string of the molecule is CS(=O)(=O)c1ccc(N2CCCCC2)c(C(=O)N2CCN(c3ccc(C#N)cc3)CC2)c1. The predicted molar refractivity (Wildman–Crippen MR) is 125 cm³/mol. The molecule has 0 unspecified atom stereocenters. The molecule has 0 aromatic heterocycles. The number of carbonyl (C=O) groups is 1. The van der Waals surface area contributed by atoms with E-state index in [9.17, 15) is 13.2 Å². The predicted octanol–water partition coefficient (Wildman–Crippen LogP) is 2.91. The van der Waals surface area contributed by atoms with Crippen LogP contribution in [0.5, 0.6) is 0 Å². The number of carbonyl (C=O) groups excluding carboxylic acids is 1. The number of nitriles is 1. The van der Waals surface area contributed by atoms with Crippen LogP contribution in [-0.4, -0.2) is 64.7 Å². The Bertz CT molecular complexity index is 1120. The van der Waals surface area contributed by atoms with E-state index in [1.807, 2.05) is 17.0 Å². The molecule has 2 aliphatic heterocycles. The number of amides is 1. The van der Waals surface area contributed by atoms with Gasteiger partial charge in [-0.2, -0.15) is 5.26 Å². The maximum absolute atomic E-state index is 13.5. The van der Waals surface area contributed by atoms with Crippen LogP contribution in [0.4, 0.5) is 11.4 Å². The fraction of sp³-hybridized carbons (Fsp3) is 0.417. The second kappa shape index (κ2) is 9.21. The van der Waals surface area contributed by atoms with Crippen LogP contribution < -0.4 is 9.80 Å². The number of anilines is 2. The van der Waals surface area contributed by atoms with Gasteiger partial charge in [0, 0.05) is 56.9 Å². The molecule has 7 nitrogen and oxygen atoms in total. The summed E-state index contributed by atoms with van der Waals surface area (Å²) in [6.45, 7) is 4.24. The van der Waals surface area contributed by atoms with Crippen LogP contribution in [0.1, 0.15) is 35.2 Å². The molecule has 0 spiro atoms. The lowest BCUT2D eigenvalue weighted by atomic mass is 10.1. The summed E-state index contributed by atoms with van der Waals surface area (Å²) in [7, 11) is -3.41. The van der Waals surface area contributed by atoms with E-state index < -0.39 is 9.84 Å². The average molecular weight is 453 g/mol. The van der Waals surface area contributed by atoms with E-state index in [4.69, 9.17) is 5.26 Å². The molecule has 2 aromatic rings. The quantitative estimate of drug-likeness (QED) is 0.709. The highest BCUT2D eigenvalue weighted by atomic mass is 32.2. The number of hydrogen-bond acceptors (Lipinski definition) is 6. The summed E-state index contributed by atoms with van der Waals surface area (Å²) in [5.74, 6) is -0.115. The zero-order valence-electron chi connectivity index (χ0n) is 18.3. The maximum atomic E-state index is 13.5. The van der Waals surface area contributed by atoms with E-state index in [0.29, 0.717) is 37.3 Å². The van der Waals surface area contributed by atoms with E-state index in [0.717, 1.165) is 37.3 Å². The van der Waals surface area contributed by atoms with Crippen molar-refractivity contribution in [2.45, 2.75) is 24.2 Å². The van der Waals surface area contributed by atoms with Crippen LogP contribution in [0.3, 0.4) is 0 Å². The summed E-state index contributed by atoms with van der Waals surface area (Å²) in [6, 6.07) is 14.5. The molecule has 0 bridgehead atoms. The molecule has 168 valence electrons. The first kappa shape index (κ1) is 22.2. The molecule has 8 heteroatoms. The number of hydrogen-bond donors (Lipinski definition) is 0. The molecular weight excluding hydrogens is 424 g/mol. The van der Waals surface area contributed by atoms with Crippen molar-refractivity contribution < 1.29 is 13.2 Å². The zero-order valence-corrected chi connectivity index (χ0v) is 19.1. The van der Waals surface area contributed by atoms with Crippen molar-refractivity contribution >= 4 is 27.1 Å². The highest BCUT2D eigenvalue weighted by Gasteiger charge is 2.27. The molecule has 0 N–H and O–H groups in total. The number of nitrogens with zero attached hydrogens (tertiary/aromatic N) is 4. The highest BCUT2D eigenvalue weighted by molar-refractivity contribution is 7.90. The standard InChI is InChI=1S/C24H28N4O3S/c1-32(30,31)21-9-10-23(27-11-3-2-4-12-27)22(17-21)24(29)28-15-13-26(14-16-28)20-7-5-19(18-25)6-8-20/h5-10,17H,2-4,11-16H2,1H3. The van der Waals surface area contributed by atoms with E-state index in [1.54, 1.807) is 30.3 Å². The number of benzene rings is 2.